The molecule has 0 bridgehead atoms. The van der Waals surface area contributed by atoms with Crippen LogP contribution in [-0.2, 0) is 40.1 Å². The molecule has 1 aromatic heterocycles. The van der Waals surface area contributed by atoms with E-state index in [0.29, 0.717) is 19.5 Å². The number of hydrogen-bond donors (Lipinski definition) is 0. The van der Waals surface area contributed by atoms with Gasteiger partial charge in [-0.3, -0.25) is 19.3 Å². The summed E-state index contributed by atoms with van der Waals surface area (Å²) in [5, 5.41) is 0. The summed E-state index contributed by atoms with van der Waals surface area (Å²) in [6.07, 6.45) is -2.86. The Morgan fingerprint density at radius 3 is 2.62 bits per heavy atom. The summed E-state index contributed by atoms with van der Waals surface area (Å²) in [7, 11) is 1.47. The minimum atomic E-state index is -4.67. The van der Waals surface area contributed by atoms with Gasteiger partial charge in [0.25, 0.3) is 0 Å². The highest BCUT2D eigenvalue weighted by Gasteiger charge is 2.49. The number of fused-ring (bicyclic) bond motifs is 3. The van der Waals surface area contributed by atoms with Gasteiger partial charge in [0.15, 0.2) is 0 Å². The second kappa shape index (κ2) is 11.3. The van der Waals surface area contributed by atoms with Gasteiger partial charge in [-0.1, -0.05) is 30.8 Å². The minimum Gasteiger partial charge on any atom is -0.363 e. The first-order chi connectivity index (χ1) is 21.3. The Balaban J connectivity index is 1.38. The average molecular weight is 622 g/mol. The molecule has 45 heavy (non-hydrogen) atoms. The number of likely N-dealkylation sites (N-methyl/N-ethyl adjacent to an activating group) is 1. The van der Waals surface area contributed by atoms with E-state index in [1.165, 1.54) is 37.1 Å². The maximum Gasteiger partial charge on any atom is 0.416 e. The SMILES string of the molecule is C=CC(=O)N1CCc2cc(CN3C[C@H]4CC(=O)N(c5cc(C(F)(F)F)cc(C)n5)[C@@H]4C(=O)N(C)c4cccc(F)c43)ccc2C1. The Morgan fingerprint density at radius 2 is 1.89 bits per heavy atom. The number of hydrogen-bond acceptors (Lipinski definition) is 5. The molecule has 1 fully saturated rings. The van der Waals surface area contributed by atoms with Gasteiger partial charge in [0.1, 0.15) is 17.7 Å². The Labute approximate surface area is 257 Å². The lowest BCUT2D eigenvalue weighted by Crippen LogP contribution is -2.52. The highest BCUT2D eigenvalue weighted by molar-refractivity contribution is 6.10. The number of alkyl halides is 3. The number of aryl methyl sites for hydroxylation is 1. The number of anilines is 3. The van der Waals surface area contributed by atoms with Crippen LogP contribution in [0.15, 0.2) is 61.2 Å². The van der Waals surface area contributed by atoms with Crippen molar-refractivity contribution in [3.63, 3.8) is 0 Å². The molecule has 0 saturated carbocycles. The number of aromatic nitrogens is 1. The molecule has 6 rings (SSSR count). The van der Waals surface area contributed by atoms with E-state index in [1.54, 1.807) is 15.9 Å². The number of carbonyl (C=O) groups excluding carboxylic acids is 3. The zero-order valence-corrected chi connectivity index (χ0v) is 24.8. The summed E-state index contributed by atoms with van der Waals surface area (Å²) in [4.78, 5) is 49.6. The van der Waals surface area contributed by atoms with Crippen molar-refractivity contribution in [2.24, 2.45) is 5.92 Å². The van der Waals surface area contributed by atoms with Crippen LogP contribution < -0.4 is 14.7 Å². The van der Waals surface area contributed by atoms with Gasteiger partial charge in [0.2, 0.25) is 17.7 Å². The van der Waals surface area contributed by atoms with Crippen LogP contribution in [0.3, 0.4) is 0 Å². The Morgan fingerprint density at radius 1 is 1.11 bits per heavy atom. The third kappa shape index (κ3) is 5.53. The molecular weight excluding hydrogens is 590 g/mol. The van der Waals surface area contributed by atoms with Crippen LogP contribution in [0, 0.1) is 18.7 Å². The van der Waals surface area contributed by atoms with Crippen molar-refractivity contribution in [2.45, 2.75) is 45.1 Å². The molecule has 234 valence electrons. The van der Waals surface area contributed by atoms with E-state index in [1.807, 2.05) is 18.2 Å². The molecule has 0 radical (unpaired) electrons. The van der Waals surface area contributed by atoms with Crippen LogP contribution in [0.5, 0.6) is 0 Å². The molecule has 8 nitrogen and oxygen atoms in total. The molecule has 0 unspecified atom stereocenters. The molecule has 2 aromatic carbocycles. The number of para-hydroxylation sites is 1. The van der Waals surface area contributed by atoms with Gasteiger partial charge in [-0.15, -0.1) is 0 Å². The first kappa shape index (κ1) is 30.3. The highest BCUT2D eigenvalue weighted by Crippen LogP contribution is 2.42. The quantitative estimate of drug-likeness (QED) is 0.302. The fourth-order valence-electron chi connectivity index (χ4n) is 6.65. The van der Waals surface area contributed by atoms with Gasteiger partial charge in [0.05, 0.1) is 16.9 Å². The fourth-order valence-corrected chi connectivity index (χ4v) is 6.65. The standard InChI is InChI=1S/C33H31F4N5O3/c1-4-28(43)40-11-10-21-13-20(8-9-22(21)17-40)16-41-18-23-14-29(44)42(27-15-24(33(35,36)37)12-19(2)38-27)30(23)32(45)39(3)26-7-5-6-25(34)31(26)41/h4-9,12-13,15,23,30H,1,10-11,14,16-18H2,2-3H3/t23-,30+/m1/s1. The molecule has 3 aromatic rings. The number of pyridine rings is 1. The van der Waals surface area contributed by atoms with Crippen molar-refractivity contribution in [2.75, 3.05) is 34.8 Å². The van der Waals surface area contributed by atoms with Crippen LogP contribution in [-0.4, -0.2) is 53.8 Å². The molecule has 12 heteroatoms. The predicted octanol–water partition coefficient (Wildman–Crippen LogP) is 5.02. The van der Waals surface area contributed by atoms with E-state index in [-0.39, 0.29) is 48.3 Å². The Hall–Kier alpha value is -4.74. The van der Waals surface area contributed by atoms with Gasteiger partial charge in [-0.05, 0) is 60.4 Å². The third-order valence-corrected chi connectivity index (χ3v) is 8.77. The monoisotopic (exact) mass is 621 g/mol. The molecule has 0 aliphatic carbocycles. The number of halogens is 4. The maximum absolute atomic E-state index is 15.6. The Bertz CT molecular complexity index is 1720. The van der Waals surface area contributed by atoms with E-state index >= 15 is 4.39 Å². The molecule has 2 atom stereocenters. The van der Waals surface area contributed by atoms with Gasteiger partial charge in [-0.25, -0.2) is 9.37 Å². The van der Waals surface area contributed by atoms with E-state index in [9.17, 15) is 27.6 Å². The topological polar surface area (TPSA) is 77.1 Å². The van der Waals surface area contributed by atoms with Gasteiger partial charge in [-0.2, -0.15) is 13.2 Å². The summed E-state index contributed by atoms with van der Waals surface area (Å²) in [5.74, 6) is -2.65. The van der Waals surface area contributed by atoms with E-state index < -0.39 is 41.3 Å². The van der Waals surface area contributed by atoms with E-state index in [4.69, 9.17) is 0 Å². The third-order valence-electron chi connectivity index (χ3n) is 8.77. The number of carbonyl (C=O) groups is 3. The second-order valence-corrected chi connectivity index (χ2v) is 11.7. The van der Waals surface area contributed by atoms with Crippen LogP contribution in [0.4, 0.5) is 34.8 Å². The lowest BCUT2D eigenvalue weighted by Gasteiger charge is -2.39. The molecule has 3 aliphatic heterocycles. The summed E-state index contributed by atoms with van der Waals surface area (Å²) in [5.41, 5.74) is 2.51. The normalized spacial score (nSPS) is 20.0. The average Bonchev–Trinajstić information content (AvgIpc) is 3.32. The molecule has 3 aliphatic rings. The lowest BCUT2D eigenvalue weighted by atomic mass is 9.94. The first-order valence-electron chi connectivity index (χ1n) is 14.6. The summed E-state index contributed by atoms with van der Waals surface area (Å²) >= 11 is 0. The zero-order chi connectivity index (χ0) is 32.2. The molecule has 4 heterocycles. The molecule has 0 N–H and O–H groups in total. The van der Waals surface area contributed by atoms with Gasteiger partial charge in [0, 0.05) is 51.3 Å². The largest absolute Gasteiger partial charge is 0.416 e. The lowest BCUT2D eigenvalue weighted by molar-refractivity contribution is -0.137. The van der Waals surface area contributed by atoms with Crippen LogP contribution in [0.25, 0.3) is 0 Å². The fraction of sp³-hybridized carbons (Fsp3) is 0.333. The number of amides is 3. The second-order valence-electron chi connectivity index (χ2n) is 11.7. The van der Waals surface area contributed by atoms with Gasteiger partial charge >= 0.3 is 6.18 Å². The van der Waals surface area contributed by atoms with Crippen molar-refractivity contribution < 1.29 is 31.9 Å². The molecule has 3 amide bonds. The minimum absolute atomic E-state index is 0.0566. The van der Waals surface area contributed by atoms with Crippen molar-refractivity contribution in [3.8, 4) is 0 Å². The summed E-state index contributed by atoms with van der Waals surface area (Å²) < 4.78 is 56.7. The van der Waals surface area contributed by atoms with Crippen molar-refractivity contribution in [3.05, 3.63) is 95.0 Å². The smallest absolute Gasteiger partial charge is 0.363 e. The first-order valence-corrected chi connectivity index (χ1v) is 14.6. The van der Waals surface area contributed by atoms with Gasteiger partial charge < -0.3 is 14.7 Å². The summed E-state index contributed by atoms with van der Waals surface area (Å²) in [6.45, 7) is 6.30. The van der Waals surface area contributed by atoms with E-state index in [0.717, 1.165) is 33.7 Å². The van der Waals surface area contributed by atoms with E-state index in [2.05, 4.69) is 11.6 Å². The highest BCUT2D eigenvalue weighted by atomic mass is 19.4. The molecule has 1 saturated heterocycles. The van der Waals surface area contributed by atoms with Crippen LogP contribution >= 0.6 is 0 Å². The number of rotatable bonds is 4. The molecular formula is C33H31F4N5O3. The number of nitrogens with zero attached hydrogens (tertiary/aromatic N) is 5. The maximum atomic E-state index is 15.6. The summed E-state index contributed by atoms with van der Waals surface area (Å²) in [6, 6.07) is 10.8. The number of benzene rings is 2. The van der Waals surface area contributed by atoms with Crippen molar-refractivity contribution >= 4 is 34.9 Å². The molecule has 0 spiro atoms. The Kier molecular flexibility index (Phi) is 7.62. The van der Waals surface area contributed by atoms with Crippen LogP contribution in [0.2, 0.25) is 0 Å². The van der Waals surface area contributed by atoms with Crippen LogP contribution in [0.1, 0.15) is 34.4 Å². The predicted molar refractivity (Wildman–Crippen MR) is 160 cm³/mol. The van der Waals surface area contributed by atoms with Crippen molar-refractivity contribution in [1.82, 2.24) is 9.88 Å². The zero-order valence-electron chi connectivity index (χ0n) is 24.8. The van der Waals surface area contributed by atoms with Crippen molar-refractivity contribution in [1.29, 1.82) is 0 Å².